The predicted molar refractivity (Wildman–Crippen MR) is 82.1 cm³/mol. The minimum absolute atomic E-state index is 0.0125. The van der Waals surface area contributed by atoms with Crippen molar-refractivity contribution in [1.82, 2.24) is 4.98 Å². The van der Waals surface area contributed by atoms with E-state index in [9.17, 15) is 4.79 Å². The van der Waals surface area contributed by atoms with Crippen LogP contribution in [-0.4, -0.2) is 4.98 Å². The standard InChI is InChI=1S/C17H18N2O2/c1-11-6-13-8-14(9-18-10-15-4-3-5-21-15)17(20)19-16(13)7-12(11)2/h3-8,18H,9-10H2,1-2H3,(H,19,20)/p+1. The number of H-pyrrole nitrogens is 1. The molecule has 2 heterocycles. The number of aryl methyl sites for hydroxylation is 2. The number of hydrogen-bond donors (Lipinski definition) is 2. The lowest BCUT2D eigenvalue weighted by Crippen LogP contribution is -2.81. The molecule has 0 saturated carbocycles. The first-order valence-corrected chi connectivity index (χ1v) is 7.10. The molecule has 0 amide bonds. The summed E-state index contributed by atoms with van der Waals surface area (Å²) in [5.74, 6) is 0.915. The maximum atomic E-state index is 12.1. The fourth-order valence-electron chi connectivity index (χ4n) is 2.47. The molecule has 1 aromatic carbocycles. The summed E-state index contributed by atoms with van der Waals surface area (Å²) < 4.78 is 5.28. The third kappa shape index (κ3) is 2.90. The van der Waals surface area contributed by atoms with E-state index in [1.165, 1.54) is 11.1 Å². The fraction of sp³-hybridized carbons (Fsp3) is 0.235. The van der Waals surface area contributed by atoms with Crippen LogP contribution in [0.1, 0.15) is 22.5 Å². The highest BCUT2D eigenvalue weighted by Gasteiger charge is 2.07. The van der Waals surface area contributed by atoms with Crippen molar-refractivity contribution in [3.05, 3.63) is 69.4 Å². The molecule has 0 unspecified atom stereocenters. The molecule has 0 bridgehead atoms. The Bertz CT molecular complexity index is 817. The van der Waals surface area contributed by atoms with Gasteiger partial charge < -0.3 is 14.7 Å². The molecular formula is C17H19N2O2+. The SMILES string of the molecule is Cc1cc2cc(C[NH2+]Cc3ccco3)c(=O)[nH]c2cc1C. The van der Waals surface area contributed by atoms with Gasteiger partial charge in [-0.05, 0) is 60.7 Å². The number of rotatable bonds is 4. The monoisotopic (exact) mass is 283 g/mol. The van der Waals surface area contributed by atoms with Crippen molar-refractivity contribution in [2.75, 3.05) is 0 Å². The van der Waals surface area contributed by atoms with Gasteiger partial charge in [-0.25, -0.2) is 0 Å². The predicted octanol–water partition coefficient (Wildman–Crippen LogP) is 2.00. The summed E-state index contributed by atoms with van der Waals surface area (Å²) in [4.78, 5) is 15.1. The Morgan fingerprint density at radius 1 is 1.14 bits per heavy atom. The average Bonchev–Trinajstić information content (AvgIpc) is 2.95. The van der Waals surface area contributed by atoms with Gasteiger partial charge in [0.1, 0.15) is 13.1 Å². The van der Waals surface area contributed by atoms with Crippen LogP contribution in [0.25, 0.3) is 10.9 Å². The van der Waals surface area contributed by atoms with Crippen molar-refractivity contribution < 1.29 is 9.73 Å². The van der Waals surface area contributed by atoms with Crippen LogP contribution >= 0.6 is 0 Å². The minimum atomic E-state index is -0.0125. The number of aromatic amines is 1. The number of hydrogen-bond acceptors (Lipinski definition) is 2. The third-order valence-electron chi connectivity index (χ3n) is 3.83. The summed E-state index contributed by atoms with van der Waals surface area (Å²) in [7, 11) is 0. The number of nitrogens with one attached hydrogen (secondary N) is 1. The topological polar surface area (TPSA) is 62.6 Å². The zero-order chi connectivity index (χ0) is 14.8. The Morgan fingerprint density at radius 3 is 2.71 bits per heavy atom. The molecular weight excluding hydrogens is 264 g/mol. The molecule has 2 aromatic heterocycles. The summed E-state index contributed by atoms with van der Waals surface area (Å²) in [6, 6.07) is 9.95. The Labute approximate surface area is 122 Å². The van der Waals surface area contributed by atoms with Gasteiger partial charge >= 0.3 is 0 Å². The lowest BCUT2D eigenvalue weighted by atomic mass is 10.1. The van der Waals surface area contributed by atoms with Crippen molar-refractivity contribution in [2.45, 2.75) is 26.9 Å². The molecule has 0 radical (unpaired) electrons. The second-order valence-corrected chi connectivity index (χ2v) is 5.42. The quantitative estimate of drug-likeness (QED) is 0.769. The van der Waals surface area contributed by atoms with Gasteiger partial charge in [0, 0.05) is 5.52 Å². The Balaban J connectivity index is 1.83. The van der Waals surface area contributed by atoms with Gasteiger partial charge in [-0.2, -0.15) is 0 Å². The molecule has 3 rings (SSSR count). The van der Waals surface area contributed by atoms with Gasteiger partial charge in [0.05, 0.1) is 11.8 Å². The highest BCUT2D eigenvalue weighted by Crippen LogP contribution is 2.16. The molecule has 21 heavy (non-hydrogen) atoms. The van der Waals surface area contributed by atoms with Crippen LogP contribution in [0.2, 0.25) is 0 Å². The Kier molecular flexibility index (Phi) is 3.62. The molecule has 0 aliphatic rings. The lowest BCUT2D eigenvalue weighted by molar-refractivity contribution is -0.688. The second-order valence-electron chi connectivity index (χ2n) is 5.42. The highest BCUT2D eigenvalue weighted by molar-refractivity contribution is 5.80. The number of nitrogens with two attached hydrogens (primary N) is 1. The molecule has 0 atom stereocenters. The van der Waals surface area contributed by atoms with Crippen LogP contribution in [-0.2, 0) is 13.1 Å². The average molecular weight is 283 g/mol. The summed E-state index contributed by atoms with van der Waals surface area (Å²) in [6.07, 6.45) is 1.66. The van der Waals surface area contributed by atoms with Crippen LogP contribution in [0.3, 0.4) is 0 Å². The van der Waals surface area contributed by atoms with Crippen molar-refractivity contribution in [3.8, 4) is 0 Å². The summed E-state index contributed by atoms with van der Waals surface area (Å²) in [5, 5.41) is 3.15. The van der Waals surface area contributed by atoms with Crippen molar-refractivity contribution in [1.29, 1.82) is 0 Å². The van der Waals surface area contributed by atoms with Crippen molar-refractivity contribution in [2.24, 2.45) is 0 Å². The van der Waals surface area contributed by atoms with Gasteiger partial charge in [-0.3, -0.25) is 4.79 Å². The summed E-state index contributed by atoms with van der Waals surface area (Å²) in [6.45, 7) is 5.51. The van der Waals surface area contributed by atoms with Gasteiger partial charge in [-0.15, -0.1) is 0 Å². The molecule has 0 fully saturated rings. The van der Waals surface area contributed by atoms with Gasteiger partial charge in [0.25, 0.3) is 5.56 Å². The van der Waals surface area contributed by atoms with E-state index < -0.39 is 0 Å². The maximum Gasteiger partial charge on any atom is 0.257 e. The van der Waals surface area contributed by atoms with E-state index in [1.54, 1.807) is 6.26 Å². The molecule has 3 aromatic rings. The molecule has 4 heteroatoms. The van der Waals surface area contributed by atoms with E-state index >= 15 is 0 Å². The second kappa shape index (κ2) is 5.58. The zero-order valence-electron chi connectivity index (χ0n) is 12.3. The number of furan rings is 1. The maximum absolute atomic E-state index is 12.1. The first-order chi connectivity index (χ1) is 10.1. The zero-order valence-corrected chi connectivity index (χ0v) is 12.3. The van der Waals surface area contributed by atoms with Crippen LogP contribution in [0, 0.1) is 13.8 Å². The van der Waals surface area contributed by atoms with Crippen LogP contribution < -0.4 is 10.9 Å². The van der Waals surface area contributed by atoms with Crippen molar-refractivity contribution in [3.63, 3.8) is 0 Å². The molecule has 4 nitrogen and oxygen atoms in total. The largest absolute Gasteiger partial charge is 0.463 e. The molecule has 0 spiro atoms. The number of fused-ring (bicyclic) bond motifs is 1. The van der Waals surface area contributed by atoms with E-state index in [4.69, 9.17) is 4.42 Å². The van der Waals surface area contributed by atoms with E-state index in [1.807, 2.05) is 24.3 Å². The molecule has 0 saturated heterocycles. The first kappa shape index (κ1) is 13.6. The lowest BCUT2D eigenvalue weighted by Gasteiger charge is -2.06. The summed E-state index contributed by atoms with van der Waals surface area (Å²) in [5.41, 5.74) is 4.10. The van der Waals surface area contributed by atoms with Crippen molar-refractivity contribution >= 4 is 10.9 Å². The smallest absolute Gasteiger partial charge is 0.257 e. The summed E-state index contributed by atoms with van der Waals surface area (Å²) >= 11 is 0. The van der Waals surface area contributed by atoms with E-state index in [0.717, 1.165) is 28.8 Å². The number of quaternary nitrogens is 1. The minimum Gasteiger partial charge on any atom is -0.463 e. The van der Waals surface area contributed by atoms with Gasteiger partial charge in [0.2, 0.25) is 0 Å². The van der Waals surface area contributed by atoms with E-state index in [-0.39, 0.29) is 5.56 Å². The molecule has 0 aliphatic carbocycles. The number of pyridine rings is 1. The third-order valence-corrected chi connectivity index (χ3v) is 3.83. The Morgan fingerprint density at radius 2 is 1.95 bits per heavy atom. The first-order valence-electron chi connectivity index (χ1n) is 7.10. The number of aromatic nitrogens is 1. The van der Waals surface area contributed by atoms with Gasteiger partial charge in [-0.1, -0.05) is 0 Å². The van der Waals surface area contributed by atoms with E-state index in [2.05, 4.69) is 30.2 Å². The number of benzene rings is 1. The molecule has 3 N–H and O–H groups in total. The Hall–Kier alpha value is -2.33. The van der Waals surface area contributed by atoms with E-state index in [0.29, 0.717) is 6.54 Å². The van der Waals surface area contributed by atoms with Crippen LogP contribution in [0.5, 0.6) is 0 Å². The molecule has 108 valence electrons. The fourth-order valence-corrected chi connectivity index (χ4v) is 2.47. The molecule has 0 aliphatic heterocycles. The van der Waals surface area contributed by atoms with Gasteiger partial charge in [0.15, 0.2) is 5.76 Å². The normalized spacial score (nSPS) is 11.1. The van der Waals surface area contributed by atoms with Crippen LogP contribution in [0.4, 0.5) is 0 Å². The highest BCUT2D eigenvalue weighted by atomic mass is 16.3. The van der Waals surface area contributed by atoms with Crippen LogP contribution in [0.15, 0.2) is 45.8 Å².